The molecule has 2 heteroatoms. The Morgan fingerprint density at radius 1 is 1.41 bits per heavy atom. The van der Waals surface area contributed by atoms with Crippen LogP contribution in [0.4, 0.5) is 0 Å². The molecule has 0 saturated heterocycles. The summed E-state index contributed by atoms with van der Waals surface area (Å²) in [6, 6.07) is 2.74. The fraction of sp³-hybridized carbons (Fsp3) is 0.650. The number of nitriles is 1. The third kappa shape index (κ3) is 1.82. The number of nitrogens with zero attached hydrogens (tertiary/aromatic N) is 1. The van der Waals surface area contributed by atoms with E-state index in [0.29, 0.717) is 11.8 Å². The van der Waals surface area contributed by atoms with Gasteiger partial charge in [-0.05, 0) is 54.6 Å². The molecule has 0 aromatic carbocycles. The van der Waals surface area contributed by atoms with Crippen LogP contribution in [-0.2, 0) is 4.74 Å². The maximum absolute atomic E-state index is 10.2. The number of ether oxygens (including phenoxy) is 1. The molecule has 3 aliphatic carbocycles. The van der Waals surface area contributed by atoms with Crippen LogP contribution in [0.25, 0.3) is 0 Å². The van der Waals surface area contributed by atoms with E-state index in [2.05, 4.69) is 52.0 Å². The van der Waals surface area contributed by atoms with Crippen LogP contribution in [0, 0.1) is 34.0 Å². The van der Waals surface area contributed by atoms with E-state index in [1.807, 2.05) is 0 Å². The van der Waals surface area contributed by atoms with Gasteiger partial charge in [-0.25, -0.2) is 0 Å². The average molecular weight is 297 g/mol. The molecule has 0 aromatic heterocycles. The zero-order valence-corrected chi connectivity index (χ0v) is 14.4. The predicted octanol–water partition coefficient (Wildman–Crippen LogP) is 4.80. The van der Waals surface area contributed by atoms with Crippen molar-refractivity contribution in [2.75, 3.05) is 7.11 Å². The van der Waals surface area contributed by atoms with E-state index in [4.69, 9.17) is 4.74 Å². The Hall–Kier alpha value is -1.33. The van der Waals surface area contributed by atoms with Crippen molar-refractivity contribution in [1.82, 2.24) is 0 Å². The molecule has 0 heterocycles. The topological polar surface area (TPSA) is 33.0 Å². The molecule has 0 radical (unpaired) electrons. The summed E-state index contributed by atoms with van der Waals surface area (Å²) in [6.45, 7) is 9.17. The van der Waals surface area contributed by atoms with Crippen molar-refractivity contribution < 1.29 is 4.74 Å². The Balaban J connectivity index is 2.22. The molecule has 22 heavy (non-hydrogen) atoms. The standard InChI is InChI=1S/C20H27NO/c1-6-18-19(4)11-15-9-16(22-5)7-8-17(15)20(18,12-21)10-13(2)14(19)3/h6-8,13-14,16H,9-11H2,1-5H3/b18-6+/t13?,14-,16?,19+,20-/m0/s1. The molecule has 0 amide bonds. The highest BCUT2D eigenvalue weighted by Gasteiger charge is 2.58. The lowest BCUT2D eigenvalue weighted by Gasteiger charge is -2.57. The molecule has 0 N–H and O–H groups in total. The first-order valence-corrected chi connectivity index (χ1v) is 8.45. The van der Waals surface area contributed by atoms with Crippen LogP contribution in [0.3, 0.4) is 0 Å². The van der Waals surface area contributed by atoms with Crippen LogP contribution in [0.15, 0.2) is 34.9 Å². The molecule has 2 nitrogen and oxygen atoms in total. The molecular formula is C20H27NO. The van der Waals surface area contributed by atoms with Crippen molar-refractivity contribution in [2.45, 2.75) is 53.1 Å². The molecule has 0 aromatic rings. The lowest BCUT2D eigenvalue weighted by molar-refractivity contribution is 0.0750. The Labute approximate surface area is 134 Å². The van der Waals surface area contributed by atoms with E-state index in [1.54, 1.807) is 7.11 Å². The van der Waals surface area contributed by atoms with Crippen LogP contribution in [0.1, 0.15) is 47.0 Å². The molecule has 118 valence electrons. The Morgan fingerprint density at radius 3 is 2.73 bits per heavy atom. The molecule has 1 fully saturated rings. The minimum Gasteiger partial charge on any atom is -0.377 e. The maximum Gasteiger partial charge on any atom is 0.104 e. The largest absolute Gasteiger partial charge is 0.377 e. The summed E-state index contributed by atoms with van der Waals surface area (Å²) in [5.74, 6) is 1.16. The third-order valence-corrected chi connectivity index (χ3v) is 6.69. The van der Waals surface area contributed by atoms with E-state index < -0.39 is 5.41 Å². The number of hydrogen-bond donors (Lipinski definition) is 0. The summed E-state index contributed by atoms with van der Waals surface area (Å²) in [7, 11) is 1.77. The predicted molar refractivity (Wildman–Crippen MR) is 89.1 cm³/mol. The van der Waals surface area contributed by atoms with E-state index in [-0.39, 0.29) is 11.5 Å². The van der Waals surface area contributed by atoms with Crippen molar-refractivity contribution in [3.63, 3.8) is 0 Å². The fourth-order valence-corrected chi connectivity index (χ4v) is 5.34. The van der Waals surface area contributed by atoms with E-state index in [1.165, 1.54) is 16.7 Å². The highest BCUT2D eigenvalue weighted by Crippen LogP contribution is 2.65. The van der Waals surface area contributed by atoms with Gasteiger partial charge >= 0.3 is 0 Å². The van der Waals surface area contributed by atoms with Gasteiger partial charge in [0.15, 0.2) is 0 Å². The van der Waals surface area contributed by atoms with Gasteiger partial charge in [0, 0.05) is 7.11 Å². The number of fused-ring (bicyclic) bond motifs is 3. The summed E-state index contributed by atoms with van der Waals surface area (Å²) in [5, 5.41) is 10.2. The summed E-state index contributed by atoms with van der Waals surface area (Å²) in [5.41, 5.74) is 3.76. The molecule has 3 aliphatic rings. The number of rotatable bonds is 1. The van der Waals surface area contributed by atoms with Crippen LogP contribution >= 0.6 is 0 Å². The van der Waals surface area contributed by atoms with Gasteiger partial charge in [-0.1, -0.05) is 44.6 Å². The summed E-state index contributed by atoms with van der Waals surface area (Å²) >= 11 is 0. The summed E-state index contributed by atoms with van der Waals surface area (Å²) < 4.78 is 5.54. The van der Waals surface area contributed by atoms with Gasteiger partial charge in [0.25, 0.3) is 0 Å². The van der Waals surface area contributed by atoms with E-state index in [0.717, 1.165) is 19.3 Å². The molecule has 1 saturated carbocycles. The lowest BCUT2D eigenvalue weighted by Crippen LogP contribution is -2.50. The minimum absolute atomic E-state index is 0.102. The minimum atomic E-state index is -0.418. The van der Waals surface area contributed by atoms with E-state index in [9.17, 15) is 5.26 Å². The Kier molecular flexibility index (Phi) is 3.61. The first-order chi connectivity index (χ1) is 10.4. The second-order valence-corrected chi connectivity index (χ2v) is 7.64. The normalized spacial score (nSPS) is 45.6. The van der Waals surface area contributed by atoms with Crippen LogP contribution in [0.2, 0.25) is 0 Å². The van der Waals surface area contributed by atoms with Crippen LogP contribution in [-0.4, -0.2) is 13.2 Å². The number of methoxy groups -OCH3 is 1. The van der Waals surface area contributed by atoms with Gasteiger partial charge < -0.3 is 4.74 Å². The average Bonchev–Trinajstić information content (AvgIpc) is 2.52. The fourth-order valence-electron chi connectivity index (χ4n) is 5.34. The van der Waals surface area contributed by atoms with Crippen molar-refractivity contribution in [3.05, 3.63) is 34.9 Å². The van der Waals surface area contributed by atoms with Crippen LogP contribution in [0.5, 0.6) is 0 Å². The van der Waals surface area contributed by atoms with Crippen molar-refractivity contribution in [2.24, 2.45) is 22.7 Å². The van der Waals surface area contributed by atoms with Gasteiger partial charge in [-0.3, -0.25) is 0 Å². The van der Waals surface area contributed by atoms with Crippen LogP contribution < -0.4 is 0 Å². The number of allylic oxidation sites excluding steroid dienone is 4. The molecule has 5 atom stereocenters. The molecular weight excluding hydrogens is 270 g/mol. The quantitative estimate of drug-likeness (QED) is 0.651. The molecule has 2 unspecified atom stereocenters. The number of hydrogen-bond acceptors (Lipinski definition) is 2. The second kappa shape index (κ2) is 5.10. The monoisotopic (exact) mass is 297 g/mol. The Morgan fingerprint density at radius 2 is 2.14 bits per heavy atom. The van der Waals surface area contributed by atoms with Gasteiger partial charge in [0.1, 0.15) is 5.41 Å². The molecule has 0 spiro atoms. The van der Waals surface area contributed by atoms with Crippen molar-refractivity contribution >= 4 is 0 Å². The molecule has 2 bridgehead atoms. The highest BCUT2D eigenvalue weighted by atomic mass is 16.5. The smallest absolute Gasteiger partial charge is 0.104 e. The molecule has 0 aliphatic heterocycles. The van der Waals surface area contributed by atoms with Crippen molar-refractivity contribution in [3.8, 4) is 6.07 Å². The van der Waals surface area contributed by atoms with Gasteiger partial charge in [0.05, 0.1) is 12.2 Å². The van der Waals surface area contributed by atoms with Gasteiger partial charge in [0.2, 0.25) is 0 Å². The SMILES string of the molecule is C/C=C1\[C@]2(C)CC3=C(C=CC(OC)C3)[C@@]1(C#N)CC(C)[C@@H]2C. The van der Waals surface area contributed by atoms with E-state index >= 15 is 0 Å². The Bertz CT molecular complexity index is 620. The van der Waals surface area contributed by atoms with Gasteiger partial charge in [-0.2, -0.15) is 5.26 Å². The lowest BCUT2D eigenvalue weighted by atomic mass is 9.45. The zero-order chi connectivity index (χ0) is 16.1. The first-order valence-electron chi connectivity index (χ1n) is 8.45. The maximum atomic E-state index is 10.2. The second-order valence-electron chi connectivity index (χ2n) is 7.64. The first kappa shape index (κ1) is 15.6. The molecule has 3 rings (SSSR count). The highest BCUT2D eigenvalue weighted by molar-refractivity contribution is 5.55. The summed E-state index contributed by atoms with van der Waals surface area (Å²) in [6.07, 6.45) is 9.67. The zero-order valence-electron chi connectivity index (χ0n) is 14.4. The third-order valence-electron chi connectivity index (χ3n) is 6.69. The van der Waals surface area contributed by atoms with Crippen molar-refractivity contribution in [1.29, 1.82) is 5.26 Å². The summed E-state index contributed by atoms with van der Waals surface area (Å²) in [4.78, 5) is 0. The van der Waals surface area contributed by atoms with Gasteiger partial charge in [-0.15, -0.1) is 0 Å².